The summed E-state index contributed by atoms with van der Waals surface area (Å²) in [5.41, 5.74) is 3.31. The SMILES string of the molecule is O=c1[nH]c2cc3c(cc2cc1CNc1ccc(N2CCC[C@@H](O)C2)cc1)OCO3. The maximum atomic E-state index is 12.4. The lowest BCUT2D eigenvalue weighted by Crippen LogP contribution is -2.38. The molecule has 150 valence electrons. The molecule has 2 aliphatic heterocycles. The summed E-state index contributed by atoms with van der Waals surface area (Å²) < 4.78 is 10.8. The molecule has 1 atom stereocenters. The Balaban J connectivity index is 1.30. The van der Waals surface area contributed by atoms with E-state index >= 15 is 0 Å². The van der Waals surface area contributed by atoms with Gasteiger partial charge in [-0.1, -0.05) is 0 Å². The molecule has 2 aromatic carbocycles. The van der Waals surface area contributed by atoms with Crippen molar-refractivity contribution in [3.63, 3.8) is 0 Å². The number of nitrogens with one attached hydrogen (secondary N) is 2. The summed E-state index contributed by atoms with van der Waals surface area (Å²) >= 11 is 0. The fourth-order valence-corrected chi connectivity index (χ4v) is 3.95. The number of ether oxygens (including phenoxy) is 2. The van der Waals surface area contributed by atoms with Crippen molar-refractivity contribution in [1.29, 1.82) is 0 Å². The molecule has 1 aromatic heterocycles. The molecular formula is C22H23N3O4. The number of H-pyrrole nitrogens is 1. The van der Waals surface area contributed by atoms with E-state index in [9.17, 15) is 9.90 Å². The minimum Gasteiger partial charge on any atom is -0.454 e. The highest BCUT2D eigenvalue weighted by molar-refractivity contribution is 5.83. The van der Waals surface area contributed by atoms with Crippen LogP contribution < -0.4 is 25.2 Å². The van der Waals surface area contributed by atoms with Crippen LogP contribution in [0.15, 0.2) is 47.3 Å². The predicted molar refractivity (Wildman–Crippen MR) is 112 cm³/mol. The number of aromatic nitrogens is 1. The van der Waals surface area contributed by atoms with Crippen molar-refractivity contribution in [2.75, 3.05) is 30.1 Å². The van der Waals surface area contributed by atoms with Crippen LogP contribution in [0.25, 0.3) is 10.9 Å². The Kier molecular flexibility index (Phi) is 4.52. The molecule has 1 fully saturated rings. The summed E-state index contributed by atoms with van der Waals surface area (Å²) in [5, 5.41) is 14.1. The van der Waals surface area contributed by atoms with Crippen LogP contribution in [0.4, 0.5) is 11.4 Å². The van der Waals surface area contributed by atoms with E-state index < -0.39 is 0 Å². The molecule has 3 aromatic rings. The number of fused-ring (bicyclic) bond motifs is 2. The van der Waals surface area contributed by atoms with Gasteiger partial charge in [0.05, 0.1) is 11.6 Å². The van der Waals surface area contributed by atoms with E-state index in [2.05, 4.69) is 15.2 Å². The second-order valence-corrected chi connectivity index (χ2v) is 7.56. The third-order valence-corrected chi connectivity index (χ3v) is 5.53. The first kappa shape index (κ1) is 17.9. The van der Waals surface area contributed by atoms with Gasteiger partial charge in [0.25, 0.3) is 5.56 Å². The molecule has 5 rings (SSSR count). The highest BCUT2D eigenvalue weighted by Gasteiger charge is 2.18. The highest BCUT2D eigenvalue weighted by atomic mass is 16.7. The zero-order valence-corrected chi connectivity index (χ0v) is 16.0. The van der Waals surface area contributed by atoms with Crippen LogP contribution in [-0.4, -0.2) is 36.1 Å². The number of anilines is 2. The number of pyridine rings is 1. The van der Waals surface area contributed by atoms with Crippen molar-refractivity contribution in [1.82, 2.24) is 4.98 Å². The van der Waals surface area contributed by atoms with Gasteiger partial charge in [-0.15, -0.1) is 0 Å². The molecule has 0 radical (unpaired) electrons. The molecular weight excluding hydrogens is 370 g/mol. The Hall–Kier alpha value is -3.19. The Morgan fingerprint density at radius 1 is 1.14 bits per heavy atom. The Bertz CT molecular complexity index is 1090. The topological polar surface area (TPSA) is 86.8 Å². The number of nitrogens with zero attached hydrogens (tertiary/aromatic N) is 1. The lowest BCUT2D eigenvalue weighted by molar-refractivity contribution is 0.154. The van der Waals surface area contributed by atoms with Gasteiger partial charge in [0, 0.05) is 48.0 Å². The summed E-state index contributed by atoms with van der Waals surface area (Å²) in [6.45, 7) is 2.27. The lowest BCUT2D eigenvalue weighted by atomic mass is 10.1. The van der Waals surface area contributed by atoms with E-state index in [1.807, 2.05) is 36.4 Å². The minimum absolute atomic E-state index is 0.122. The summed E-state index contributed by atoms with van der Waals surface area (Å²) in [5.74, 6) is 1.35. The Morgan fingerprint density at radius 2 is 1.93 bits per heavy atom. The van der Waals surface area contributed by atoms with Crippen LogP contribution in [-0.2, 0) is 6.54 Å². The first-order valence-corrected chi connectivity index (χ1v) is 9.88. The van der Waals surface area contributed by atoms with E-state index in [-0.39, 0.29) is 18.5 Å². The first-order chi connectivity index (χ1) is 14.2. The fraction of sp³-hybridized carbons (Fsp3) is 0.318. The average molecular weight is 393 g/mol. The van der Waals surface area contributed by atoms with E-state index in [1.165, 1.54) is 0 Å². The monoisotopic (exact) mass is 393 g/mol. The maximum absolute atomic E-state index is 12.4. The van der Waals surface area contributed by atoms with Gasteiger partial charge in [-0.3, -0.25) is 4.79 Å². The van der Waals surface area contributed by atoms with Gasteiger partial charge in [-0.2, -0.15) is 0 Å². The summed E-state index contributed by atoms with van der Waals surface area (Å²) in [6, 6.07) is 13.7. The van der Waals surface area contributed by atoms with E-state index in [1.54, 1.807) is 6.07 Å². The number of aliphatic hydroxyl groups excluding tert-OH is 1. The molecule has 0 unspecified atom stereocenters. The standard InChI is InChI=1S/C22H23N3O4/c26-18-2-1-7-25(12-18)17-5-3-16(4-6-17)23-11-15-8-14-9-20-21(29-13-28-20)10-19(14)24-22(15)27/h3-6,8-10,18,23,26H,1-2,7,11-13H2,(H,24,27)/t18-/m1/s1. The number of benzene rings is 2. The maximum Gasteiger partial charge on any atom is 0.253 e. The number of hydrogen-bond acceptors (Lipinski definition) is 6. The number of piperidine rings is 1. The normalized spacial score (nSPS) is 18.2. The summed E-state index contributed by atoms with van der Waals surface area (Å²) in [6.07, 6.45) is 1.63. The third kappa shape index (κ3) is 3.61. The molecule has 7 nitrogen and oxygen atoms in total. The van der Waals surface area contributed by atoms with Crippen molar-refractivity contribution in [2.45, 2.75) is 25.5 Å². The molecule has 0 amide bonds. The average Bonchev–Trinajstić information content (AvgIpc) is 3.18. The van der Waals surface area contributed by atoms with Crippen LogP contribution in [0.5, 0.6) is 11.5 Å². The third-order valence-electron chi connectivity index (χ3n) is 5.53. The second kappa shape index (κ2) is 7.33. The molecule has 2 aliphatic rings. The zero-order valence-electron chi connectivity index (χ0n) is 16.0. The molecule has 29 heavy (non-hydrogen) atoms. The van der Waals surface area contributed by atoms with Crippen molar-refractivity contribution in [3.8, 4) is 11.5 Å². The van der Waals surface area contributed by atoms with Crippen LogP contribution in [0, 0.1) is 0 Å². The molecule has 0 bridgehead atoms. The molecule has 7 heteroatoms. The van der Waals surface area contributed by atoms with Crippen LogP contribution >= 0.6 is 0 Å². The molecule has 3 N–H and O–H groups in total. The van der Waals surface area contributed by atoms with Crippen molar-refractivity contribution in [3.05, 3.63) is 58.4 Å². The number of rotatable bonds is 4. The molecule has 3 heterocycles. The Morgan fingerprint density at radius 3 is 2.72 bits per heavy atom. The van der Waals surface area contributed by atoms with E-state index in [4.69, 9.17) is 9.47 Å². The van der Waals surface area contributed by atoms with E-state index in [0.29, 0.717) is 30.2 Å². The zero-order chi connectivity index (χ0) is 19.8. The van der Waals surface area contributed by atoms with Gasteiger partial charge in [0.15, 0.2) is 11.5 Å². The molecule has 0 saturated carbocycles. The summed E-state index contributed by atoms with van der Waals surface area (Å²) in [4.78, 5) is 17.6. The van der Waals surface area contributed by atoms with Crippen molar-refractivity contribution < 1.29 is 14.6 Å². The van der Waals surface area contributed by atoms with Crippen molar-refractivity contribution in [2.24, 2.45) is 0 Å². The molecule has 0 spiro atoms. The Labute approximate surface area is 167 Å². The van der Waals surface area contributed by atoms with Crippen LogP contribution in [0.2, 0.25) is 0 Å². The molecule has 1 saturated heterocycles. The van der Waals surface area contributed by atoms with Gasteiger partial charge in [-0.05, 0) is 49.2 Å². The number of aliphatic hydroxyl groups is 1. The predicted octanol–water partition coefficient (Wildman–Crippen LogP) is 2.83. The quantitative estimate of drug-likeness (QED) is 0.632. The number of aromatic amines is 1. The van der Waals surface area contributed by atoms with Crippen LogP contribution in [0.3, 0.4) is 0 Å². The van der Waals surface area contributed by atoms with Gasteiger partial charge >= 0.3 is 0 Å². The first-order valence-electron chi connectivity index (χ1n) is 9.88. The number of hydrogen-bond donors (Lipinski definition) is 3. The fourth-order valence-electron chi connectivity index (χ4n) is 3.95. The smallest absolute Gasteiger partial charge is 0.253 e. The van der Waals surface area contributed by atoms with Gasteiger partial charge in [0.2, 0.25) is 6.79 Å². The van der Waals surface area contributed by atoms with Crippen LogP contribution in [0.1, 0.15) is 18.4 Å². The molecule has 0 aliphatic carbocycles. The lowest BCUT2D eigenvalue weighted by Gasteiger charge is -2.32. The van der Waals surface area contributed by atoms with Gasteiger partial charge in [-0.25, -0.2) is 0 Å². The largest absolute Gasteiger partial charge is 0.454 e. The highest BCUT2D eigenvalue weighted by Crippen LogP contribution is 2.35. The summed E-state index contributed by atoms with van der Waals surface area (Å²) in [7, 11) is 0. The van der Waals surface area contributed by atoms with E-state index in [0.717, 1.165) is 41.7 Å². The number of β-amino-alcohol motifs (C(OH)–C–C–N with tert-alkyl or cyclic N) is 1. The van der Waals surface area contributed by atoms with Gasteiger partial charge in [0.1, 0.15) is 0 Å². The minimum atomic E-state index is -0.251. The van der Waals surface area contributed by atoms with Gasteiger partial charge < -0.3 is 29.8 Å². The van der Waals surface area contributed by atoms with Crippen molar-refractivity contribution >= 4 is 22.3 Å². The second-order valence-electron chi connectivity index (χ2n) is 7.56.